The van der Waals surface area contributed by atoms with Gasteiger partial charge in [-0.2, -0.15) is 0 Å². The van der Waals surface area contributed by atoms with Crippen LogP contribution in [0.1, 0.15) is 84.6 Å². The van der Waals surface area contributed by atoms with E-state index in [1.54, 1.807) is 52.2 Å². The number of aliphatic hydroxyl groups is 1. The van der Waals surface area contributed by atoms with E-state index in [4.69, 9.17) is 35.3 Å². The third-order valence-corrected chi connectivity index (χ3v) is 14.2. The third-order valence-electron chi connectivity index (χ3n) is 13.8. The number of anilines is 1. The number of alkyl carbamates (subject to hydrolysis) is 1. The normalized spacial score (nSPS) is 31.9. The molecule has 1 aliphatic carbocycles. The van der Waals surface area contributed by atoms with E-state index in [-0.39, 0.29) is 42.0 Å². The molecular weight excluding hydrogens is 894 g/mol. The van der Waals surface area contributed by atoms with Crippen LogP contribution in [-0.2, 0) is 44.5 Å². The van der Waals surface area contributed by atoms with E-state index in [0.717, 1.165) is 55.7 Å². The average Bonchev–Trinajstić information content (AvgIpc) is 3.27. The van der Waals surface area contributed by atoms with E-state index in [0.29, 0.717) is 30.7 Å². The number of piperidine rings is 1. The van der Waals surface area contributed by atoms with Gasteiger partial charge in [-0.25, -0.2) is 9.59 Å². The van der Waals surface area contributed by atoms with Gasteiger partial charge in [-0.1, -0.05) is 65.8 Å². The van der Waals surface area contributed by atoms with Crippen molar-refractivity contribution in [3.8, 4) is 5.75 Å². The van der Waals surface area contributed by atoms with Crippen molar-refractivity contribution < 1.29 is 52.8 Å². The van der Waals surface area contributed by atoms with Crippen molar-refractivity contribution in [3.63, 3.8) is 0 Å². The zero-order valence-electron chi connectivity index (χ0n) is 40.5. The molecule has 17 heteroatoms. The van der Waals surface area contributed by atoms with Gasteiger partial charge in [0.25, 0.3) is 0 Å². The summed E-state index contributed by atoms with van der Waals surface area (Å²) in [6, 6.07) is 2.62. The van der Waals surface area contributed by atoms with Crippen LogP contribution in [0.3, 0.4) is 0 Å². The van der Waals surface area contributed by atoms with Gasteiger partial charge in [-0.15, -0.1) is 0 Å². The minimum absolute atomic E-state index is 0.0106. The van der Waals surface area contributed by atoms with Crippen LogP contribution >= 0.6 is 11.6 Å². The summed E-state index contributed by atoms with van der Waals surface area (Å²) in [6.07, 6.45) is 17.7. The number of methoxy groups -OCH3 is 2. The Morgan fingerprint density at radius 1 is 1.03 bits per heavy atom. The first-order chi connectivity index (χ1) is 32.3. The predicted octanol–water partition coefficient (Wildman–Crippen LogP) is 6.22. The van der Waals surface area contributed by atoms with Crippen molar-refractivity contribution in [3.05, 3.63) is 94.7 Å². The van der Waals surface area contributed by atoms with Gasteiger partial charge in [0.1, 0.15) is 46.3 Å². The second-order valence-electron chi connectivity index (χ2n) is 19.0. The van der Waals surface area contributed by atoms with Gasteiger partial charge in [-0.05, 0) is 109 Å². The number of carbonyl (C=O) groups excluding carboxylic acids is 5. The number of nitrogens with one attached hydrogen (secondary N) is 2. The predicted molar refractivity (Wildman–Crippen MR) is 258 cm³/mol. The maximum Gasteiger partial charge on any atom is 0.409 e. The van der Waals surface area contributed by atoms with E-state index in [9.17, 15) is 29.1 Å². The molecule has 3 fully saturated rings. The number of carbonyl (C=O) groups is 5. The van der Waals surface area contributed by atoms with Gasteiger partial charge in [0.2, 0.25) is 17.7 Å². The molecule has 0 radical (unpaired) electrons. The van der Waals surface area contributed by atoms with Crippen LogP contribution in [0.2, 0.25) is 5.02 Å². The number of allylic oxidation sites excluding steroid dienone is 10. The molecule has 3 saturated heterocycles. The fraction of sp³-hybridized carbons (Fsp3) is 0.549. The zero-order chi connectivity index (χ0) is 49.4. The van der Waals surface area contributed by atoms with Crippen molar-refractivity contribution in [1.29, 1.82) is 0 Å². The Hall–Kier alpha value is -5.26. The Labute approximate surface area is 405 Å². The molecule has 6 aliphatic rings. The van der Waals surface area contributed by atoms with Gasteiger partial charge in [0.15, 0.2) is 5.72 Å². The summed E-state index contributed by atoms with van der Waals surface area (Å²) in [6.45, 7) is 9.04. The molecule has 5 aliphatic heterocycles. The fourth-order valence-corrected chi connectivity index (χ4v) is 10.1. The van der Waals surface area contributed by atoms with Crippen LogP contribution in [0.15, 0.2) is 84.2 Å². The van der Waals surface area contributed by atoms with Gasteiger partial charge < -0.3 is 48.8 Å². The van der Waals surface area contributed by atoms with Gasteiger partial charge >= 0.3 is 12.1 Å². The summed E-state index contributed by atoms with van der Waals surface area (Å²) in [5.41, 5.74) is -1.51. The van der Waals surface area contributed by atoms with Gasteiger partial charge in [0, 0.05) is 52.6 Å². The van der Waals surface area contributed by atoms with Crippen LogP contribution in [0, 0.1) is 5.92 Å². The number of hydrogen-bond donors (Lipinski definition) is 3. The fourth-order valence-electron chi connectivity index (χ4n) is 9.79. The summed E-state index contributed by atoms with van der Waals surface area (Å²) in [5.74, 6) is -1.20. The molecule has 1 aromatic carbocycles. The Bertz CT molecular complexity index is 2240. The first-order valence-corrected chi connectivity index (χ1v) is 23.8. The number of likely N-dealkylation sites (tertiary alicyclic amines) is 1. The lowest BCUT2D eigenvalue weighted by Crippen LogP contribution is -2.72. The summed E-state index contributed by atoms with van der Waals surface area (Å²) in [7, 11) is 6.06. The van der Waals surface area contributed by atoms with E-state index in [1.807, 2.05) is 55.5 Å². The van der Waals surface area contributed by atoms with E-state index < -0.39 is 59.3 Å². The minimum Gasteiger partial charge on any atom is -0.495 e. The number of ether oxygens (including phenoxy) is 5. The molecule has 4 amide bonds. The minimum atomic E-state index is -1.88. The first kappa shape index (κ1) is 52.1. The van der Waals surface area contributed by atoms with Crippen LogP contribution in [-0.4, -0.2) is 134 Å². The third kappa shape index (κ3) is 12.5. The molecule has 5 heterocycles. The Balaban J connectivity index is 1.19. The number of nitrogens with zero attached hydrogens (tertiary/aromatic N) is 3. The highest BCUT2D eigenvalue weighted by Gasteiger charge is 2.63. The smallest absolute Gasteiger partial charge is 0.409 e. The van der Waals surface area contributed by atoms with E-state index in [2.05, 4.69) is 15.5 Å². The van der Waals surface area contributed by atoms with Crippen molar-refractivity contribution in [2.24, 2.45) is 5.92 Å². The summed E-state index contributed by atoms with van der Waals surface area (Å²) in [5, 5.41) is 17.7. The molecule has 1 aromatic rings. The lowest BCUT2D eigenvalue weighted by atomic mass is 9.72. The lowest BCUT2D eigenvalue weighted by molar-refractivity contribution is -0.328. The summed E-state index contributed by atoms with van der Waals surface area (Å²) >= 11 is 6.85. The molecule has 6 bridgehead atoms. The van der Waals surface area contributed by atoms with Crippen molar-refractivity contribution in [2.45, 2.75) is 127 Å². The molecule has 68 heavy (non-hydrogen) atoms. The van der Waals surface area contributed by atoms with Crippen LogP contribution < -0.4 is 20.3 Å². The average molecular weight is 963 g/mol. The summed E-state index contributed by atoms with van der Waals surface area (Å²) < 4.78 is 30.1. The largest absolute Gasteiger partial charge is 0.495 e. The molecule has 3 N–H and O–H groups in total. The number of amides is 4. The topological polar surface area (TPSA) is 186 Å². The monoisotopic (exact) mass is 961 g/mol. The first-order valence-electron chi connectivity index (χ1n) is 23.4. The molecule has 1 unspecified atom stereocenters. The van der Waals surface area contributed by atoms with E-state index >= 15 is 0 Å². The molecule has 7 atom stereocenters. The molecular formula is C51H68ClN5O11. The number of esters is 1. The number of rotatable bonds is 12. The standard InChI is InChI=1S/C51H68ClN5O11/c1-33-17-16-21-41(65-8)51(63)31-43(67-48(62)54-51)50(4)32-49(3,68-50)42(30-44(59)56(6)39-28-35(27-33)29-40(64-7)45(39)52)66-47(61)38(55(5)34(2)58)20-14-15-24-57-25-22-36(23-26-57)46(60)53-37-18-12-10-9-11-13-19-37/h9-13,16-19,21,28-29,36,38,41-43,63H,14-15,20,22-27,30-32H2,1-8H3,(H,53,60)(H,54,62)/b10-9-,11-9?,12-10?,13-11-,18-12-,19-13?,21-16+,33-17+,37-18?,37-19+/t38-,41+,42-,43-,49+,50?,51-/m0/s1. The Morgan fingerprint density at radius 3 is 2.43 bits per heavy atom. The Kier molecular flexibility index (Phi) is 17.2. The maximum atomic E-state index is 14.5. The zero-order valence-corrected chi connectivity index (χ0v) is 41.3. The number of likely N-dealkylation sites (N-methyl/N-ethyl adjacent to an activating group) is 1. The van der Waals surface area contributed by atoms with Crippen molar-refractivity contribution in [2.75, 3.05) is 52.8 Å². The highest BCUT2D eigenvalue weighted by atomic mass is 35.5. The number of hydrogen-bond acceptors (Lipinski definition) is 12. The van der Waals surface area contributed by atoms with Crippen LogP contribution in [0.5, 0.6) is 5.75 Å². The second kappa shape index (κ2) is 22.4. The number of benzene rings is 1. The highest BCUT2D eigenvalue weighted by molar-refractivity contribution is 6.35. The Morgan fingerprint density at radius 2 is 1.74 bits per heavy atom. The summed E-state index contributed by atoms with van der Waals surface area (Å²) in [4.78, 5) is 73.0. The highest BCUT2D eigenvalue weighted by Crippen LogP contribution is 2.50. The number of unbranched alkanes of at least 4 members (excludes halogenated alkanes) is 1. The van der Waals surface area contributed by atoms with Gasteiger partial charge in [0.05, 0.1) is 19.2 Å². The SMILES string of the molecule is COc1cc2cc(c1Cl)N(C)C(=O)C[C@H](OC(=O)[C@H](CCCCN1CCC(C(=O)NC3=C/C=C\C=C/C=C\3)CC1)N(C)C(C)=O)[C@@]1(C)CC(C)(O1)[C@@H]1C[C@@](O)(NC(=O)O1)[C@H](OC)/C=C/C=C(\C)C2. The number of fused-ring (bicyclic) bond motifs is 6. The van der Waals surface area contributed by atoms with Gasteiger partial charge in [-0.3, -0.25) is 19.7 Å². The van der Waals surface area contributed by atoms with Crippen molar-refractivity contribution in [1.82, 2.24) is 20.4 Å². The number of halogens is 1. The quantitative estimate of drug-likeness (QED) is 0.159. The van der Waals surface area contributed by atoms with Crippen LogP contribution in [0.25, 0.3) is 0 Å². The molecule has 0 saturated carbocycles. The molecule has 370 valence electrons. The molecule has 0 spiro atoms. The lowest BCUT2D eigenvalue weighted by Gasteiger charge is -2.59. The second-order valence-corrected chi connectivity index (χ2v) is 19.4. The molecule has 7 rings (SSSR count). The molecule has 16 nitrogen and oxygen atoms in total. The van der Waals surface area contributed by atoms with Crippen LogP contribution in [0.4, 0.5) is 10.5 Å². The van der Waals surface area contributed by atoms with E-state index in [1.165, 1.54) is 30.9 Å². The maximum absolute atomic E-state index is 14.5. The van der Waals surface area contributed by atoms with Crippen molar-refractivity contribution >= 4 is 47.1 Å². The molecule has 0 aromatic heterocycles.